The number of rotatable bonds is 5. The van der Waals surface area contributed by atoms with E-state index in [4.69, 9.17) is 5.73 Å². The zero-order valence-electron chi connectivity index (χ0n) is 15.1. The van der Waals surface area contributed by atoms with Gasteiger partial charge in [0.2, 0.25) is 5.82 Å². The predicted molar refractivity (Wildman–Crippen MR) is 112 cm³/mol. The molecule has 0 aliphatic carbocycles. The predicted octanol–water partition coefficient (Wildman–Crippen LogP) is 3.74. The number of benzene rings is 2. The Morgan fingerprint density at radius 3 is 2.21 bits per heavy atom. The number of urea groups is 1. The molecule has 9 heteroatoms. The molecule has 0 aliphatic rings. The van der Waals surface area contributed by atoms with E-state index < -0.39 is 11.9 Å². The van der Waals surface area contributed by atoms with Gasteiger partial charge in [0.25, 0.3) is 5.91 Å². The van der Waals surface area contributed by atoms with Gasteiger partial charge in [-0.3, -0.25) is 4.79 Å². The molecule has 4 aromatic rings. The van der Waals surface area contributed by atoms with Crippen molar-refractivity contribution < 1.29 is 9.59 Å². The van der Waals surface area contributed by atoms with Crippen LogP contribution in [0.2, 0.25) is 0 Å². The van der Waals surface area contributed by atoms with Crippen LogP contribution in [0.25, 0.3) is 16.4 Å². The number of thiophene rings is 1. The molecular formula is C20H16N6O2S. The number of carbonyl (C=O) groups excluding carboxylic acids is 2. The van der Waals surface area contributed by atoms with Crippen LogP contribution in [0.4, 0.5) is 16.2 Å². The summed E-state index contributed by atoms with van der Waals surface area (Å²) in [6, 6.07) is 19.3. The largest absolute Gasteiger partial charge is 0.351 e. The van der Waals surface area contributed by atoms with Crippen LogP contribution in [-0.4, -0.2) is 26.7 Å². The molecule has 8 nitrogen and oxygen atoms in total. The molecule has 4 rings (SSSR count). The van der Waals surface area contributed by atoms with E-state index in [-0.39, 0.29) is 5.82 Å². The maximum absolute atomic E-state index is 12.7. The first-order valence-corrected chi connectivity index (χ1v) is 9.52. The maximum Gasteiger partial charge on any atom is 0.316 e. The molecular weight excluding hydrogens is 388 g/mol. The van der Waals surface area contributed by atoms with Crippen molar-refractivity contribution in [2.24, 2.45) is 5.73 Å². The summed E-state index contributed by atoms with van der Waals surface area (Å²) in [5.41, 5.74) is 6.97. The quantitative estimate of drug-likeness (QED) is 0.470. The van der Waals surface area contributed by atoms with E-state index in [1.807, 2.05) is 47.8 Å². The van der Waals surface area contributed by atoms with Gasteiger partial charge < -0.3 is 16.4 Å². The third kappa shape index (κ3) is 4.14. The lowest BCUT2D eigenvalue weighted by Gasteiger charge is -2.05. The van der Waals surface area contributed by atoms with Crippen molar-refractivity contribution >= 4 is 34.6 Å². The molecule has 2 aromatic carbocycles. The molecule has 144 valence electrons. The molecule has 0 spiro atoms. The van der Waals surface area contributed by atoms with Gasteiger partial charge in [0.1, 0.15) is 0 Å². The van der Waals surface area contributed by atoms with E-state index in [9.17, 15) is 9.59 Å². The third-order valence-corrected chi connectivity index (χ3v) is 4.83. The number of anilines is 2. The van der Waals surface area contributed by atoms with Gasteiger partial charge >= 0.3 is 6.03 Å². The van der Waals surface area contributed by atoms with Crippen molar-refractivity contribution in [2.75, 3.05) is 10.6 Å². The van der Waals surface area contributed by atoms with Crippen molar-refractivity contribution in [1.82, 2.24) is 14.8 Å². The van der Waals surface area contributed by atoms with Crippen LogP contribution in [-0.2, 0) is 0 Å². The Morgan fingerprint density at radius 1 is 0.897 bits per heavy atom. The first-order valence-electron chi connectivity index (χ1n) is 8.64. The summed E-state index contributed by atoms with van der Waals surface area (Å²) in [6.07, 6.45) is 0. The van der Waals surface area contributed by atoms with Gasteiger partial charge in [-0.2, -0.15) is 0 Å². The van der Waals surface area contributed by atoms with Crippen molar-refractivity contribution in [3.05, 3.63) is 77.9 Å². The lowest BCUT2D eigenvalue weighted by atomic mass is 10.3. The van der Waals surface area contributed by atoms with Crippen molar-refractivity contribution in [2.45, 2.75) is 0 Å². The molecule has 0 saturated heterocycles. The van der Waals surface area contributed by atoms with Crippen LogP contribution in [0, 0.1) is 0 Å². The lowest BCUT2D eigenvalue weighted by molar-refractivity contribution is 0.101. The van der Waals surface area contributed by atoms with Crippen LogP contribution in [0.15, 0.2) is 72.1 Å². The average Bonchev–Trinajstić information content (AvgIpc) is 3.39. The van der Waals surface area contributed by atoms with E-state index in [2.05, 4.69) is 20.7 Å². The summed E-state index contributed by atoms with van der Waals surface area (Å²) in [5, 5.41) is 11.6. The topological polar surface area (TPSA) is 115 Å². The van der Waals surface area contributed by atoms with Crippen LogP contribution in [0.5, 0.6) is 0 Å². The Hall–Kier alpha value is -3.98. The normalized spacial score (nSPS) is 10.5. The number of para-hydroxylation sites is 1. The maximum atomic E-state index is 12.7. The first-order chi connectivity index (χ1) is 14.1. The number of amides is 3. The van der Waals surface area contributed by atoms with Gasteiger partial charge in [0.15, 0.2) is 5.82 Å². The fourth-order valence-corrected chi connectivity index (χ4v) is 3.39. The highest BCUT2D eigenvalue weighted by Crippen LogP contribution is 2.25. The minimum Gasteiger partial charge on any atom is -0.351 e. The molecule has 2 aromatic heterocycles. The Bertz CT molecular complexity index is 1140. The van der Waals surface area contributed by atoms with Crippen LogP contribution >= 0.6 is 11.3 Å². The molecule has 29 heavy (non-hydrogen) atoms. The number of nitrogens with one attached hydrogen (secondary N) is 2. The minimum absolute atomic E-state index is 0.0524. The van der Waals surface area contributed by atoms with Gasteiger partial charge in [0, 0.05) is 11.4 Å². The number of nitrogens with two attached hydrogens (primary N) is 1. The minimum atomic E-state index is -0.654. The monoisotopic (exact) mass is 404 g/mol. The number of carbonyl (C=O) groups is 2. The number of nitrogens with zero attached hydrogens (tertiary/aromatic N) is 3. The third-order valence-electron chi connectivity index (χ3n) is 3.96. The van der Waals surface area contributed by atoms with E-state index in [1.54, 1.807) is 28.9 Å². The van der Waals surface area contributed by atoms with Gasteiger partial charge in [-0.25, -0.2) is 14.5 Å². The van der Waals surface area contributed by atoms with E-state index in [1.165, 1.54) is 11.3 Å². The molecule has 0 bridgehead atoms. The number of hydrogen-bond donors (Lipinski definition) is 3. The van der Waals surface area contributed by atoms with Gasteiger partial charge in [-0.05, 0) is 47.8 Å². The molecule has 0 aliphatic heterocycles. The molecule has 0 radical (unpaired) electrons. The number of primary amides is 1. The highest BCUT2D eigenvalue weighted by Gasteiger charge is 2.19. The first kappa shape index (κ1) is 18.4. The fourth-order valence-electron chi connectivity index (χ4n) is 2.69. The summed E-state index contributed by atoms with van der Waals surface area (Å²) in [6.45, 7) is 0. The molecule has 0 atom stereocenters. The number of hydrogen-bond acceptors (Lipinski definition) is 5. The molecule has 0 saturated carbocycles. The smallest absolute Gasteiger partial charge is 0.316 e. The zero-order chi connectivity index (χ0) is 20.2. The van der Waals surface area contributed by atoms with Crippen molar-refractivity contribution in [3.63, 3.8) is 0 Å². The van der Waals surface area contributed by atoms with Crippen LogP contribution < -0.4 is 16.4 Å². The Kier molecular flexibility index (Phi) is 5.04. The van der Waals surface area contributed by atoms with E-state index in [0.29, 0.717) is 17.2 Å². The second kappa shape index (κ2) is 7.95. The van der Waals surface area contributed by atoms with E-state index in [0.717, 1.165) is 10.6 Å². The van der Waals surface area contributed by atoms with E-state index >= 15 is 0 Å². The second-order valence-corrected chi connectivity index (χ2v) is 6.95. The van der Waals surface area contributed by atoms with Crippen molar-refractivity contribution in [1.29, 1.82) is 0 Å². The Labute approximate surface area is 170 Å². The molecule has 4 N–H and O–H groups in total. The molecule has 0 fully saturated rings. The highest BCUT2D eigenvalue weighted by atomic mass is 32.1. The summed E-state index contributed by atoms with van der Waals surface area (Å²) in [7, 11) is 0. The molecule has 2 heterocycles. The Morgan fingerprint density at radius 2 is 1.59 bits per heavy atom. The Balaban J connectivity index is 1.61. The molecule has 0 unspecified atom stereocenters. The second-order valence-electron chi connectivity index (χ2n) is 6.00. The summed E-state index contributed by atoms with van der Waals surface area (Å²) in [4.78, 5) is 29.0. The summed E-state index contributed by atoms with van der Waals surface area (Å²) >= 11 is 1.52. The fraction of sp³-hybridized carbons (Fsp3) is 0. The molecule has 3 amide bonds. The highest BCUT2D eigenvalue weighted by molar-refractivity contribution is 7.13. The average molecular weight is 404 g/mol. The summed E-state index contributed by atoms with van der Waals surface area (Å²) in [5.74, 6) is 0.210. The number of aromatic nitrogens is 3. The van der Waals surface area contributed by atoms with Gasteiger partial charge in [-0.1, -0.05) is 24.3 Å². The van der Waals surface area contributed by atoms with Crippen LogP contribution in [0.1, 0.15) is 10.6 Å². The van der Waals surface area contributed by atoms with Crippen LogP contribution in [0.3, 0.4) is 0 Å². The summed E-state index contributed by atoms with van der Waals surface area (Å²) < 4.78 is 1.65. The van der Waals surface area contributed by atoms with Crippen molar-refractivity contribution in [3.8, 4) is 16.4 Å². The SMILES string of the molecule is NC(=O)Nc1ccc(NC(=O)c2nc(-c3cccs3)n(-c3ccccc3)n2)cc1. The lowest BCUT2D eigenvalue weighted by Crippen LogP contribution is -2.19. The van der Waals surface area contributed by atoms with Gasteiger partial charge in [-0.15, -0.1) is 16.4 Å². The zero-order valence-corrected chi connectivity index (χ0v) is 15.9. The van der Waals surface area contributed by atoms with Gasteiger partial charge in [0.05, 0.1) is 10.6 Å². The standard InChI is InChI=1S/C20H16N6O2S/c21-20(28)23-14-10-8-13(9-11-14)22-19(27)17-24-18(16-7-4-12-29-16)26(25-17)15-5-2-1-3-6-15/h1-12H,(H,22,27)(H3,21,23,28).